The third-order valence-electron chi connectivity index (χ3n) is 2.23. The number of ketones is 1. The highest BCUT2D eigenvalue weighted by Crippen LogP contribution is 2.23. The van der Waals surface area contributed by atoms with Crippen molar-refractivity contribution < 1.29 is 4.79 Å². The first-order valence-electron chi connectivity index (χ1n) is 4.00. The maximum absolute atomic E-state index is 11.0. The smallest absolute Gasteiger partial charge is 0.208 e. The summed E-state index contributed by atoms with van der Waals surface area (Å²) in [6.45, 7) is 0. The van der Waals surface area contributed by atoms with Crippen LogP contribution < -0.4 is 5.73 Å². The molecule has 2 nitrogen and oxygen atoms in total. The minimum atomic E-state index is -0.0693. The van der Waals surface area contributed by atoms with E-state index in [2.05, 4.69) is 5.92 Å². The molecule has 60 valence electrons. The van der Waals surface area contributed by atoms with Crippen molar-refractivity contribution in [2.75, 3.05) is 0 Å². The molecule has 0 aromatic rings. The molecule has 1 aliphatic rings. The van der Waals surface area contributed by atoms with Crippen molar-refractivity contribution in [3.05, 3.63) is 0 Å². The van der Waals surface area contributed by atoms with Gasteiger partial charge in [0, 0.05) is 12.0 Å². The third-order valence-corrected chi connectivity index (χ3v) is 2.23. The number of hydrogen-bond donors (Lipinski definition) is 1. The van der Waals surface area contributed by atoms with Crippen molar-refractivity contribution in [1.29, 1.82) is 0 Å². The first-order chi connectivity index (χ1) is 5.24. The zero-order chi connectivity index (χ0) is 8.27. The molecule has 1 saturated carbocycles. The van der Waals surface area contributed by atoms with E-state index in [-0.39, 0.29) is 17.7 Å². The number of terminal acetylenes is 1. The summed E-state index contributed by atoms with van der Waals surface area (Å²) >= 11 is 0. The number of Topliss-reactive ketones (excluding diaryl/α,β-unsaturated/α-hetero) is 1. The fourth-order valence-corrected chi connectivity index (χ4v) is 1.58. The van der Waals surface area contributed by atoms with Crippen LogP contribution in [0.5, 0.6) is 0 Å². The zero-order valence-electron chi connectivity index (χ0n) is 6.55. The van der Waals surface area contributed by atoms with Gasteiger partial charge in [-0.2, -0.15) is 0 Å². The van der Waals surface area contributed by atoms with Crippen molar-refractivity contribution in [2.24, 2.45) is 11.7 Å². The molecule has 1 aliphatic carbocycles. The van der Waals surface area contributed by atoms with Crippen molar-refractivity contribution in [3.8, 4) is 12.3 Å². The summed E-state index contributed by atoms with van der Waals surface area (Å²) in [6, 6.07) is 0.186. The quantitative estimate of drug-likeness (QED) is 0.443. The van der Waals surface area contributed by atoms with Crippen LogP contribution in [0.4, 0.5) is 0 Å². The summed E-state index contributed by atoms with van der Waals surface area (Å²) in [7, 11) is 0. The average Bonchev–Trinajstić information content (AvgIpc) is 2.03. The Bertz CT molecular complexity index is 192. The molecule has 0 unspecified atom stereocenters. The molecule has 1 rings (SSSR count). The van der Waals surface area contributed by atoms with E-state index < -0.39 is 0 Å². The molecule has 0 heterocycles. The van der Waals surface area contributed by atoms with E-state index in [9.17, 15) is 4.79 Å². The topological polar surface area (TPSA) is 43.1 Å². The second-order valence-electron chi connectivity index (χ2n) is 3.13. The van der Waals surface area contributed by atoms with Crippen molar-refractivity contribution in [2.45, 2.75) is 31.7 Å². The van der Waals surface area contributed by atoms with Gasteiger partial charge in [-0.05, 0) is 25.2 Å². The summed E-state index contributed by atoms with van der Waals surface area (Å²) in [5, 5.41) is 0. The number of rotatable bonds is 1. The summed E-state index contributed by atoms with van der Waals surface area (Å²) in [5.41, 5.74) is 5.70. The van der Waals surface area contributed by atoms with Gasteiger partial charge in [0.1, 0.15) is 0 Å². The molecule has 2 heteroatoms. The number of carbonyl (C=O) groups is 1. The van der Waals surface area contributed by atoms with E-state index in [0.29, 0.717) is 0 Å². The standard InChI is InChI=1S/C9H13NO/c1-2-9(11)7-4-3-5-8(10)6-7/h1,7-8H,3-6,10H2/t7-,8-/m0/s1. The van der Waals surface area contributed by atoms with E-state index in [1.165, 1.54) is 0 Å². The van der Waals surface area contributed by atoms with Gasteiger partial charge in [0.2, 0.25) is 5.78 Å². The number of hydrogen-bond acceptors (Lipinski definition) is 2. The van der Waals surface area contributed by atoms with E-state index in [0.717, 1.165) is 25.7 Å². The lowest BCUT2D eigenvalue weighted by Gasteiger charge is -2.23. The first kappa shape index (κ1) is 8.29. The molecule has 0 aromatic heterocycles. The van der Waals surface area contributed by atoms with Gasteiger partial charge in [-0.15, -0.1) is 6.42 Å². The Morgan fingerprint density at radius 3 is 2.82 bits per heavy atom. The molecular formula is C9H13NO. The van der Waals surface area contributed by atoms with Crippen LogP contribution in [0.25, 0.3) is 0 Å². The Hall–Kier alpha value is -0.810. The van der Waals surface area contributed by atoms with Crippen molar-refractivity contribution in [1.82, 2.24) is 0 Å². The highest BCUT2D eigenvalue weighted by molar-refractivity contribution is 5.96. The molecule has 0 amide bonds. The van der Waals surface area contributed by atoms with Crippen LogP contribution in [0.3, 0.4) is 0 Å². The van der Waals surface area contributed by atoms with Crippen molar-refractivity contribution in [3.63, 3.8) is 0 Å². The van der Waals surface area contributed by atoms with Gasteiger partial charge in [-0.25, -0.2) is 0 Å². The monoisotopic (exact) mass is 151 g/mol. The Kier molecular flexibility index (Phi) is 2.67. The number of carbonyl (C=O) groups excluding carboxylic acids is 1. The van der Waals surface area contributed by atoms with Crippen LogP contribution in [0.2, 0.25) is 0 Å². The van der Waals surface area contributed by atoms with E-state index in [1.54, 1.807) is 0 Å². The first-order valence-corrected chi connectivity index (χ1v) is 4.00. The number of nitrogens with two attached hydrogens (primary N) is 1. The van der Waals surface area contributed by atoms with Gasteiger partial charge in [-0.1, -0.05) is 6.42 Å². The van der Waals surface area contributed by atoms with Crippen LogP contribution in [0.15, 0.2) is 0 Å². The minimum Gasteiger partial charge on any atom is -0.328 e. The SMILES string of the molecule is C#CC(=O)[C@H]1CCC[C@H](N)C1. The van der Waals surface area contributed by atoms with Crippen LogP contribution >= 0.6 is 0 Å². The van der Waals surface area contributed by atoms with Crippen LogP contribution in [0, 0.1) is 18.3 Å². The Balaban J connectivity index is 2.47. The normalized spacial score (nSPS) is 30.9. The van der Waals surface area contributed by atoms with Crippen LogP contribution in [0.1, 0.15) is 25.7 Å². The van der Waals surface area contributed by atoms with Gasteiger partial charge in [0.05, 0.1) is 0 Å². The highest BCUT2D eigenvalue weighted by atomic mass is 16.1. The summed E-state index contributed by atoms with van der Waals surface area (Å²) in [4.78, 5) is 11.0. The molecular weight excluding hydrogens is 138 g/mol. The van der Waals surface area contributed by atoms with Gasteiger partial charge >= 0.3 is 0 Å². The van der Waals surface area contributed by atoms with Crippen LogP contribution in [-0.4, -0.2) is 11.8 Å². The van der Waals surface area contributed by atoms with Gasteiger partial charge in [-0.3, -0.25) is 4.79 Å². The summed E-state index contributed by atoms with van der Waals surface area (Å²) in [6.07, 6.45) is 8.79. The molecule has 11 heavy (non-hydrogen) atoms. The molecule has 0 aromatic carbocycles. The molecule has 2 N–H and O–H groups in total. The summed E-state index contributed by atoms with van der Waals surface area (Å²) < 4.78 is 0. The van der Waals surface area contributed by atoms with Gasteiger partial charge < -0.3 is 5.73 Å². The second-order valence-corrected chi connectivity index (χ2v) is 3.13. The van der Waals surface area contributed by atoms with E-state index >= 15 is 0 Å². The summed E-state index contributed by atoms with van der Waals surface area (Å²) in [5.74, 6) is 2.14. The molecule has 0 aliphatic heterocycles. The molecule has 0 spiro atoms. The van der Waals surface area contributed by atoms with Gasteiger partial charge in [0.15, 0.2) is 0 Å². The van der Waals surface area contributed by atoms with Gasteiger partial charge in [0.25, 0.3) is 0 Å². The fourth-order valence-electron chi connectivity index (χ4n) is 1.58. The lowest BCUT2D eigenvalue weighted by Crippen LogP contribution is -2.31. The predicted octanol–water partition coefficient (Wildman–Crippen LogP) is 0.706. The van der Waals surface area contributed by atoms with Crippen molar-refractivity contribution >= 4 is 5.78 Å². The minimum absolute atomic E-state index is 0.0451. The zero-order valence-corrected chi connectivity index (χ0v) is 6.55. The van der Waals surface area contributed by atoms with E-state index in [1.807, 2.05) is 0 Å². The maximum atomic E-state index is 11.0. The highest BCUT2D eigenvalue weighted by Gasteiger charge is 2.23. The largest absolute Gasteiger partial charge is 0.328 e. The average molecular weight is 151 g/mol. The molecule has 2 atom stereocenters. The Morgan fingerprint density at radius 1 is 1.55 bits per heavy atom. The third kappa shape index (κ3) is 2.06. The Morgan fingerprint density at radius 2 is 2.27 bits per heavy atom. The lowest BCUT2D eigenvalue weighted by molar-refractivity contribution is -0.118. The molecule has 1 fully saturated rings. The molecule has 0 radical (unpaired) electrons. The van der Waals surface area contributed by atoms with Crippen LogP contribution in [-0.2, 0) is 4.79 Å². The lowest BCUT2D eigenvalue weighted by atomic mass is 9.84. The van der Waals surface area contributed by atoms with E-state index in [4.69, 9.17) is 12.2 Å². The molecule has 0 saturated heterocycles. The predicted molar refractivity (Wildman–Crippen MR) is 43.8 cm³/mol. The fraction of sp³-hybridized carbons (Fsp3) is 0.667. The second kappa shape index (κ2) is 3.54. The maximum Gasteiger partial charge on any atom is 0.208 e. The molecule has 0 bridgehead atoms. The Labute approximate surface area is 67.2 Å².